The van der Waals surface area contributed by atoms with E-state index in [9.17, 15) is 14.7 Å². The van der Waals surface area contributed by atoms with Gasteiger partial charge >= 0.3 is 5.97 Å². The molecule has 0 fully saturated rings. The molecule has 0 saturated carbocycles. The second kappa shape index (κ2) is 6.48. The Morgan fingerprint density at radius 3 is 3.00 bits per heavy atom. The number of carboxylic acids is 1. The van der Waals surface area contributed by atoms with Crippen LogP contribution in [0.15, 0.2) is 16.1 Å². The molecule has 0 radical (unpaired) electrons. The molecule has 2 aliphatic rings. The fourth-order valence-electron chi connectivity index (χ4n) is 3.84. The first-order valence-electron chi connectivity index (χ1n) is 7.84. The Morgan fingerprint density at radius 2 is 2.30 bits per heavy atom. The molecule has 0 amide bonds. The van der Waals surface area contributed by atoms with Crippen LogP contribution in [-0.4, -0.2) is 24.2 Å². The van der Waals surface area contributed by atoms with Gasteiger partial charge in [0, 0.05) is 4.47 Å². The van der Waals surface area contributed by atoms with Crippen LogP contribution >= 0.6 is 15.9 Å². The third-order valence-corrected chi connectivity index (χ3v) is 5.97. The maximum Gasteiger partial charge on any atom is 0.336 e. The van der Waals surface area contributed by atoms with Crippen molar-refractivity contribution in [2.75, 3.05) is 6.61 Å². The number of carboxylic acid groups (broad SMARTS) is 1. The second-order valence-corrected chi connectivity index (χ2v) is 7.13. The van der Waals surface area contributed by atoms with Crippen molar-refractivity contribution in [1.82, 2.24) is 0 Å². The SMILES string of the molecule is Cc1cc(C(=O)O)c2c(c1Br)C1=C(C2)CC(CCOC=O)CC1. The number of allylic oxidation sites excluding steroid dienone is 2. The molecule has 4 nitrogen and oxygen atoms in total. The summed E-state index contributed by atoms with van der Waals surface area (Å²) in [7, 11) is 0. The number of carbonyl (C=O) groups is 2. The molecule has 1 atom stereocenters. The minimum absolute atomic E-state index is 0.427. The van der Waals surface area contributed by atoms with E-state index in [1.165, 1.54) is 11.1 Å². The number of hydrogen-bond acceptors (Lipinski definition) is 3. The Kier molecular flexibility index (Phi) is 4.57. The van der Waals surface area contributed by atoms with Crippen LogP contribution < -0.4 is 0 Å². The zero-order chi connectivity index (χ0) is 16.6. The first kappa shape index (κ1) is 16.2. The highest BCUT2D eigenvalue weighted by atomic mass is 79.9. The van der Waals surface area contributed by atoms with Gasteiger partial charge in [-0.1, -0.05) is 5.57 Å². The van der Waals surface area contributed by atoms with E-state index in [2.05, 4.69) is 15.9 Å². The van der Waals surface area contributed by atoms with Crippen LogP contribution in [0.3, 0.4) is 0 Å². The lowest BCUT2D eigenvalue weighted by Gasteiger charge is -2.24. The van der Waals surface area contributed by atoms with Crippen molar-refractivity contribution >= 4 is 33.9 Å². The van der Waals surface area contributed by atoms with E-state index in [0.717, 1.165) is 53.3 Å². The summed E-state index contributed by atoms with van der Waals surface area (Å²) in [5, 5.41) is 9.51. The van der Waals surface area contributed by atoms with Crippen molar-refractivity contribution in [3.8, 4) is 0 Å². The normalized spacial score (nSPS) is 19.3. The van der Waals surface area contributed by atoms with Crippen molar-refractivity contribution < 1.29 is 19.4 Å². The van der Waals surface area contributed by atoms with Crippen LogP contribution in [0.2, 0.25) is 0 Å². The van der Waals surface area contributed by atoms with Crippen LogP contribution in [0.5, 0.6) is 0 Å². The van der Waals surface area contributed by atoms with E-state index in [-0.39, 0.29) is 0 Å². The number of fused-ring (bicyclic) bond motifs is 2. The second-order valence-electron chi connectivity index (χ2n) is 6.34. The van der Waals surface area contributed by atoms with Crippen LogP contribution in [0.4, 0.5) is 0 Å². The van der Waals surface area contributed by atoms with E-state index in [0.29, 0.717) is 24.6 Å². The number of hydrogen-bond donors (Lipinski definition) is 1. The Bertz CT molecular complexity index is 705. The number of ether oxygens (including phenoxy) is 1. The highest BCUT2D eigenvalue weighted by molar-refractivity contribution is 9.10. The summed E-state index contributed by atoms with van der Waals surface area (Å²) in [6, 6.07) is 1.76. The van der Waals surface area contributed by atoms with Crippen LogP contribution in [0.25, 0.3) is 5.57 Å². The third kappa shape index (κ3) is 2.94. The largest absolute Gasteiger partial charge is 0.478 e. The van der Waals surface area contributed by atoms with Gasteiger partial charge in [-0.15, -0.1) is 0 Å². The Hall–Kier alpha value is -1.62. The molecule has 2 aliphatic carbocycles. The number of benzene rings is 1. The van der Waals surface area contributed by atoms with Crippen molar-refractivity contribution in [3.63, 3.8) is 0 Å². The lowest BCUT2D eigenvalue weighted by atomic mass is 9.82. The Balaban J connectivity index is 1.89. The molecule has 23 heavy (non-hydrogen) atoms. The summed E-state index contributed by atoms with van der Waals surface area (Å²) in [5.41, 5.74) is 6.14. The summed E-state index contributed by atoms with van der Waals surface area (Å²) in [6.07, 6.45) is 4.60. The number of aryl methyl sites for hydroxylation is 1. The van der Waals surface area contributed by atoms with Gasteiger partial charge in [0.2, 0.25) is 0 Å². The average molecular weight is 379 g/mol. The third-order valence-electron chi connectivity index (χ3n) is 4.95. The molecular formula is C18H19BrO4. The summed E-state index contributed by atoms with van der Waals surface area (Å²) < 4.78 is 5.85. The highest BCUT2D eigenvalue weighted by Gasteiger charge is 2.32. The number of halogens is 1. The van der Waals surface area contributed by atoms with E-state index in [4.69, 9.17) is 4.74 Å². The molecule has 0 saturated heterocycles. The Morgan fingerprint density at radius 1 is 1.52 bits per heavy atom. The van der Waals surface area contributed by atoms with Gasteiger partial charge in [0.15, 0.2) is 0 Å². The molecule has 0 aliphatic heterocycles. The summed E-state index contributed by atoms with van der Waals surface area (Å²) in [6.45, 7) is 2.91. The predicted molar refractivity (Wildman–Crippen MR) is 90.4 cm³/mol. The quantitative estimate of drug-likeness (QED) is 0.617. The van der Waals surface area contributed by atoms with Crippen molar-refractivity contribution in [2.45, 2.75) is 39.0 Å². The number of rotatable bonds is 5. The highest BCUT2D eigenvalue weighted by Crippen LogP contribution is 2.48. The van der Waals surface area contributed by atoms with Crippen molar-refractivity contribution in [1.29, 1.82) is 0 Å². The molecule has 0 heterocycles. The summed E-state index contributed by atoms with van der Waals surface area (Å²) in [4.78, 5) is 21.8. The molecule has 1 unspecified atom stereocenters. The standard InChI is InChI=1S/C18H19BrO4/c1-10-6-15(18(21)22)14-8-12-7-11(4-5-23-9-20)2-3-13(12)16(14)17(10)19/h6,9,11H,2-5,7-8H2,1H3,(H,21,22). The van der Waals surface area contributed by atoms with Gasteiger partial charge in [-0.25, -0.2) is 4.79 Å². The molecular weight excluding hydrogens is 360 g/mol. The molecule has 1 N–H and O–H groups in total. The van der Waals surface area contributed by atoms with Crippen LogP contribution in [-0.2, 0) is 16.0 Å². The first-order valence-corrected chi connectivity index (χ1v) is 8.64. The fourth-order valence-corrected chi connectivity index (χ4v) is 4.44. The minimum atomic E-state index is -0.854. The van der Waals surface area contributed by atoms with Gasteiger partial charge in [-0.3, -0.25) is 4.79 Å². The molecule has 1 aromatic carbocycles. The average Bonchev–Trinajstić information content (AvgIpc) is 2.89. The van der Waals surface area contributed by atoms with E-state index in [1.54, 1.807) is 6.07 Å². The fraction of sp³-hybridized carbons (Fsp3) is 0.444. The topological polar surface area (TPSA) is 63.6 Å². The van der Waals surface area contributed by atoms with Crippen LogP contribution in [0, 0.1) is 12.8 Å². The molecule has 1 aromatic rings. The van der Waals surface area contributed by atoms with Gasteiger partial charge in [-0.05, 0) is 89.2 Å². The minimum Gasteiger partial charge on any atom is -0.478 e. The lowest BCUT2D eigenvalue weighted by molar-refractivity contribution is -0.129. The Labute approximate surface area is 143 Å². The summed E-state index contributed by atoms with van der Waals surface area (Å²) >= 11 is 3.66. The van der Waals surface area contributed by atoms with Gasteiger partial charge in [0.1, 0.15) is 0 Å². The van der Waals surface area contributed by atoms with Crippen LogP contribution in [0.1, 0.15) is 52.7 Å². The zero-order valence-corrected chi connectivity index (χ0v) is 14.6. The molecule has 0 bridgehead atoms. The van der Waals surface area contributed by atoms with Crippen molar-refractivity contribution in [3.05, 3.63) is 38.4 Å². The monoisotopic (exact) mass is 378 g/mol. The van der Waals surface area contributed by atoms with Gasteiger partial charge in [0.25, 0.3) is 6.47 Å². The first-order chi connectivity index (χ1) is 11.0. The lowest BCUT2D eigenvalue weighted by Crippen LogP contribution is -2.11. The zero-order valence-electron chi connectivity index (χ0n) is 13.0. The smallest absolute Gasteiger partial charge is 0.336 e. The molecule has 5 heteroatoms. The van der Waals surface area contributed by atoms with E-state index >= 15 is 0 Å². The number of aromatic carboxylic acids is 1. The maximum absolute atomic E-state index is 11.6. The summed E-state index contributed by atoms with van der Waals surface area (Å²) in [5.74, 6) is -0.344. The van der Waals surface area contributed by atoms with E-state index < -0.39 is 5.97 Å². The molecule has 3 rings (SSSR count). The number of carbonyl (C=O) groups excluding carboxylic acids is 1. The molecule has 0 spiro atoms. The maximum atomic E-state index is 11.6. The molecule has 122 valence electrons. The van der Waals surface area contributed by atoms with Gasteiger partial charge < -0.3 is 9.84 Å². The molecule has 0 aromatic heterocycles. The van der Waals surface area contributed by atoms with Gasteiger partial charge in [-0.2, -0.15) is 0 Å². The van der Waals surface area contributed by atoms with Crippen molar-refractivity contribution in [2.24, 2.45) is 5.92 Å². The predicted octanol–water partition coefficient (Wildman–Crippen LogP) is 4.13. The van der Waals surface area contributed by atoms with Gasteiger partial charge in [0.05, 0.1) is 12.2 Å². The van der Waals surface area contributed by atoms with E-state index in [1.807, 2.05) is 6.92 Å².